The van der Waals surface area contributed by atoms with E-state index in [1.807, 2.05) is 36.4 Å². The summed E-state index contributed by atoms with van der Waals surface area (Å²) >= 11 is 0. The monoisotopic (exact) mass is 486 g/mol. The van der Waals surface area contributed by atoms with E-state index in [4.69, 9.17) is 18.7 Å². The molecule has 1 amide bonds. The van der Waals surface area contributed by atoms with E-state index in [-0.39, 0.29) is 17.4 Å². The van der Waals surface area contributed by atoms with Crippen LogP contribution in [0.1, 0.15) is 73.5 Å². The van der Waals surface area contributed by atoms with E-state index in [1.165, 1.54) is 5.01 Å². The Morgan fingerprint density at radius 2 is 1.83 bits per heavy atom. The van der Waals surface area contributed by atoms with Gasteiger partial charge in [-0.3, -0.25) is 4.79 Å². The summed E-state index contributed by atoms with van der Waals surface area (Å²) < 4.78 is 16.6. The summed E-state index contributed by atoms with van der Waals surface area (Å²) in [4.78, 5) is 26.0. The number of esters is 1. The fourth-order valence-corrected chi connectivity index (χ4v) is 4.87. The fraction of sp³-hybridized carbons (Fsp3) is 0.345. The van der Waals surface area contributed by atoms with Gasteiger partial charge in [0.15, 0.2) is 6.61 Å². The number of hydrogen-bond acceptors (Lipinski definition) is 6. The second-order valence-electron chi connectivity index (χ2n) is 10.3. The summed E-state index contributed by atoms with van der Waals surface area (Å²) in [7, 11) is 0. The number of carbonyl (C=O) groups is 2. The van der Waals surface area contributed by atoms with E-state index >= 15 is 0 Å². The zero-order chi connectivity index (χ0) is 25.3. The third-order valence-electron chi connectivity index (χ3n) is 6.76. The van der Waals surface area contributed by atoms with Crippen molar-refractivity contribution in [2.24, 2.45) is 11.0 Å². The van der Waals surface area contributed by atoms with E-state index in [9.17, 15) is 9.59 Å². The predicted octanol–water partition coefficient (Wildman–Crippen LogP) is 6.15. The van der Waals surface area contributed by atoms with Gasteiger partial charge < -0.3 is 13.6 Å². The first-order valence-corrected chi connectivity index (χ1v) is 12.3. The fourth-order valence-electron chi connectivity index (χ4n) is 4.87. The van der Waals surface area contributed by atoms with Gasteiger partial charge in [-0.1, -0.05) is 32.9 Å². The van der Waals surface area contributed by atoms with Gasteiger partial charge >= 0.3 is 5.97 Å². The number of hydrogen-bond donors (Lipinski definition) is 0. The van der Waals surface area contributed by atoms with Crippen molar-refractivity contribution in [2.75, 3.05) is 6.61 Å². The van der Waals surface area contributed by atoms with Crippen LogP contribution >= 0.6 is 0 Å². The Morgan fingerprint density at radius 3 is 2.50 bits per heavy atom. The number of benzene rings is 1. The number of carbonyl (C=O) groups excluding carboxylic acids is 2. The molecule has 0 radical (unpaired) electrons. The maximum absolute atomic E-state index is 13.3. The number of rotatable bonds is 5. The van der Waals surface area contributed by atoms with E-state index in [2.05, 4.69) is 20.8 Å². The molecule has 3 heterocycles. The molecule has 186 valence electrons. The summed E-state index contributed by atoms with van der Waals surface area (Å²) in [6.45, 7) is 5.92. The van der Waals surface area contributed by atoms with Gasteiger partial charge in [0.1, 0.15) is 17.6 Å². The Labute approximate surface area is 210 Å². The first-order valence-electron chi connectivity index (χ1n) is 12.3. The highest BCUT2D eigenvalue weighted by atomic mass is 16.5. The molecule has 0 saturated heterocycles. The lowest BCUT2D eigenvalue weighted by molar-refractivity contribution is -0.137. The quantitative estimate of drug-likeness (QED) is 0.404. The molecule has 0 N–H and O–H groups in total. The number of furan rings is 2. The molecular formula is C29H30N2O5. The molecule has 1 aromatic carbocycles. The molecule has 36 heavy (non-hydrogen) atoms. The van der Waals surface area contributed by atoms with Crippen molar-refractivity contribution in [1.29, 1.82) is 0 Å². The van der Waals surface area contributed by atoms with Crippen LogP contribution in [0.25, 0.3) is 6.08 Å². The normalized spacial score (nSPS) is 20.8. The number of nitrogens with zero attached hydrogens (tertiary/aromatic N) is 2. The topological polar surface area (TPSA) is 85.3 Å². The number of hydrazone groups is 1. The van der Waals surface area contributed by atoms with Crippen LogP contribution in [0.2, 0.25) is 0 Å². The lowest BCUT2D eigenvalue weighted by Crippen LogP contribution is -2.34. The number of fused-ring (bicyclic) bond motifs is 1. The van der Waals surface area contributed by atoms with Crippen molar-refractivity contribution in [3.63, 3.8) is 0 Å². The van der Waals surface area contributed by atoms with Crippen LogP contribution < -0.4 is 0 Å². The Hall–Kier alpha value is -3.87. The molecule has 2 aliphatic rings. The molecule has 0 bridgehead atoms. The largest absolute Gasteiger partial charge is 0.467 e. The van der Waals surface area contributed by atoms with Crippen LogP contribution in [-0.4, -0.2) is 29.2 Å². The zero-order valence-corrected chi connectivity index (χ0v) is 20.8. The first kappa shape index (κ1) is 23.9. The third kappa shape index (κ3) is 4.78. The second-order valence-corrected chi connectivity index (χ2v) is 10.3. The second kappa shape index (κ2) is 9.64. The van der Waals surface area contributed by atoms with Crippen LogP contribution in [0.15, 0.2) is 80.6 Å². The van der Waals surface area contributed by atoms with E-state index in [0.717, 1.165) is 41.9 Å². The Bertz CT molecular complexity index is 1280. The number of allylic oxidation sites excluding steroid dienone is 1. The van der Waals surface area contributed by atoms with Gasteiger partial charge in [-0.15, -0.1) is 0 Å². The summed E-state index contributed by atoms with van der Waals surface area (Å²) in [5.41, 5.74) is 3.41. The zero-order valence-electron chi connectivity index (χ0n) is 20.8. The number of amides is 1. The van der Waals surface area contributed by atoms with Crippen LogP contribution in [0.4, 0.5) is 0 Å². The Morgan fingerprint density at radius 1 is 1.08 bits per heavy atom. The van der Waals surface area contributed by atoms with Gasteiger partial charge in [0.05, 0.1) is 23.8 Å². The van der Waals surface area contributed by atoms with Gasteiger partial charge in [-0.2, -0.15) is 5.10 Å². The van der Waals surface area contributed by atoms with Crippen molar-refractivity contribution in [2.45, 2.75) is 51.5 Å². The molecule has 1 saturated carbocycles. The first-order chi connectivity index (χ1) is 17.3. The lowest BCUT2D eigenvalue weighted by Gasteiger charge is -2.27. The van der Waals surface area contributed by atoms with Crippen LogP contribution in [0.3, 0.4) is 0 Å². The molecule has 5 rings (SSSR count). The van der Waals surface area contributed by atoms with E-state index < -0.39 is 18.5 Å². The maximum atomic E-state index is 13.3. The van der Waals surface area contributed by atoms with Gasteiger partial charge in [0, 0.05) is 5.92 Å². The third-order valence-corrected chi connectivity index (χ3v) is 6.76. The molecule has 1 aliphatic heterocycles. The van der Waals surface area contributed by atoms with Crippen molar-refractivity contribution >= 4 is 23.7 Å². The Kier molecular flexibility index (Phi) is 6.39. The molecular weight excluding hydrogens is 456 g/mol. The average Bonchev–Trinajstić information content (AvgIpc) is 3.63. The van der Waals surface area contributed by atoms with E-state index in [1.54, 1.807) is 30.7 Å². The predicted molar refractivity (Wildman–Crippen MR) is 135 cm³/mol. The highest BCUT2D eigenvalue weighted by molar-refractivity contribution is 6.08. The van der Waals surface area contributed by atoms with Crippen molar-refractivity contribution in [3.8, 4) is 0 Å². The van der Waals surface area contributed by atoms with E-state index in [0.29, 0.717) is 11.3 Å². The van der Waals surface area contributed by atoms with Crippen molar-refractivity contribution in [3.05, 3.63) is 89.3 Å². The molecule has 3 aromatic rings. The minimum Gasteiger partial charge on any atom is -0.467 e. The van der Waals surface area contributed by atoms with Gasteiger partial charge in [0.2, 0.25) is 0 Å². The van der Waals surface area contributed by atoms with Gasteiger partial charge in [0.25, 0.3) is 5.91 Å². The van der Waals surface area contributed by atoms with Crippen LogP contribution in [0.5, 0.6) is 0 Å². The summed E-state index contributed by atoms with van der Waals surface area (Å²) in [5, 5.41) is 6.16. The smallest absolute Gasteiger partial charge is 0.338 e. The van der Waals surface area contributed by atoms with Gasteiger partial charge in [-0.05, 0) is 78.3 Å². The van der Waals surface area contributed by atoms with Crippen LogP contribution in [-0.2, 0) is 14.9 Å². The Balaban J connectivity index is 1.35. The average molecular weight is 487 g/mol. The van der Waals surface area contributed by atoms with Crippen LogP contribution in [0, 0.1) is 5.92 Å². The molecule has 0 spiro atoms. The maximum Gasteiger partial charge on any atom is 0.338 e. The molecule has 2 atom stereocenters. The number of ether oxygens (including phenoxy) is 1. The van der Waals surface area contributed by atoms with Gasteiger partial charge in [-0.25, -0.2) is 9.80 Å². The minimum atomic E-state index is -0.541. The standard InChI is InChI=1S/C29H30N2O5/c1-29(2,3)21-13-11-19(12-14-21)28(33)36-18-25(32)31-27(24-10-6-16-35-24)23-9-4-7-20(26(23)30-31)17-22-8-5-15-34-22/h5-6,8,10-17,23,27H,4,7,9,18H2,1-3H3. The summed E-state index contributed by atoms with van der Waals surface area (Å²) in [5.74, 6) is 0.474. The lowest BCUT2D eigenvalue weighted by atomic mass is 9.79. The molecule has 2 unspecified atom stereocenters. The highest BCUT2D eigenvalue weighted by Gasteiger charge is 2.45. The summed E-state index contributed by atoms with van der Waals surface area (Å²) in [6, 6.07) is 14.3. The molecule has 1 aliphatic carbocycles. The molecule has 1 fully saturated rings. The minimum absolute atomic E-state index is 0.00398. The SMILES string of the molecule is CC(C)(C)c1ccc(C(=O)OCC(=O)N2N=C3C(=Cc4ccco4)CCCC3C2c2ccco2)cc1. The van der Waals surface area contributed by atoms with Crippen molar-refractivity contribution in [1.82, 2.24) is 5.01 Å². The molecule has 7 heteroatoms. The molecule has 7 nitrogen and oxygen atoms in total. The van der Waals surface area contributed by atoms with Crippen molar-refractivity contribution < 1.29 is 23.2 Å². The summed E-state index contributed by atoms with van der Waals surface area (Å²) in [6.07, 6.45) is 7.91. The highest BCUT2D eigenvalue weighted by Crippen LogP contribution is 2.44. The molecule has 2 aromatic heterocycles.